The van der Waals surface area contributed by atoms with E-state index in [-0.39, 0.29) is 12.6 Å². The third kappa shape index (κ3) is 8.90. The minimum Gasteiger partial charge on any atom is -0.455 e. The van der Waals surface area contributed by atoms with Gasteiger partial charge >= 0.3 is 13.8 Å². The first kappa shape index (κ1) is 26.0. The van der Waals surface area contributed by atoms with Crippen molar-refractivity contribution in [1.29, 1.82) is 0 Å². The van der Waals surface area contributed by atoms with Crippen LogP contribution in [0.25, 0.3) is 0 Å². The van der Waals surface area contributed by atoms with Crippen molar-refractivity contribution in [2.75, 3.05) is 6.61 Å². The predicted octanol–water partition coefficient (Wildman–Crippen LogP) is 8.42. The second-order valence-electron chi connectivity index (χ2n) is 9.00. The summed E-state index contributed by atoms with van der Waals surface area (Å²) in [6.07, 6.45) is 16.3. The van der Waals surface area contributed by atoms with Gasteiger partial charge in [0.25, 0.3) is 0 Å². The van der Waals surface area contributed by atoms with E-state index in [0.717, 1.165) is 31.4 Å². The van der Waals surface area contributed by atoms with Crippen molar-refractivity contribution in [3.8, 4) is 5.75 Å². The number of ether oxygens (including phenoxy) is 2. The van der Waals surface area contributed by atoms with Gasteiger partial charge in [0, 0.05) is 6.42 Å². The van der Waals surface area contributed by atoms with Gasteiger partial charge in [-0.3, -0.25) is 4.52 Å². The standard InChI is InChI=1S/C26H41O6P/c1-3-5-7-9-10-12-13-15-22-17-19-23(20-18-22)29-25(16-14-11-8-6-4-2)30-26-24-21-28-33(27,31-24)32-26/h17-20,25H,3-16,21H2,1-2H3. The average molecular weight is 481 g/mol. The van der Waals surface area contributed by atoms with Crippen molar-refractivity contribution < 1.29 is 27.6 Å². The third-order valence-electron chi connectivity index (χ3n) is 6.04. The van der Waals surface area contributed by atoms with Crippen LogP contribution in [0.15, 0.2) is 36.0 Å². The van der Waals surface area contributed by atoms with Gasteiger partial charge in [-0.2, -0.15) is 0 Å². The summed E-state index contributed by atoms with van der Waals surface area (Å²) in [5.41, 5.74) is 1.33. The Bertz CT molecular complexity index is 775. The predicted molar refractivity (Wildman–Crippen MR) is 130 cm³/mol. The monoisotopic (exact) mass is 480 g/mol. The van der Waals surface area contributed by atoms with Crippen LogP contribution in [0.4, 0.5) is 0 Å². The lowest BCUT2D eigenvalue weighted by atomic mass is 10.0. The normalized spacial score (nSPS) is 19.9. The van der Waals surface area contributed by atoms with Crippen molar-refractivity contribution in [2.24, 2.45) is 0 Å². The first-order valence-corrected chi connectivity index (χ1v) is 14.4. The van der Waals surface area contributed by atoms with Gasteiger partial charge in [-0.1, -0.05) is 90.2 Å². The molecule has 0 N–H and O–H groups in total. The first-order chi connectivity index (χ1) is 16.1. The molecule has 1 saturated heterocycles. The molecule has 186 valence electrons. The van der Waals surface area contributed by atoms with Crippen LogP contribution >= 0.6 is 7.82 Å². The number of hydrogen-bond acceptors (Lipinski definition) is 6. The lowest BCUT2D eigenvalue weighted by molar-refractivity contribution is -0.0860. The number of aryl methyl sites for hydroxylation is 1. The quantitative estimate of drug-likeness (QED) is 0.119. The van der Waals surface area contributed by atoms with E-state index in [4.69, 9.17) is 23.0 Å². The fraction of sp³-hybridized carbons (Fsp3) is 0.692. The molecule has 0 saturated carbocycles. The van der Waals surface area contributed by atoms with E-state index >= 15 is 0 Å². The van der Waals surface area contributed by atoms with Crippen LogP contribution < -0.4 is 4.74 Å². The highest BCUT2D eigenvalue weighted by molar-refractivity contribution is 7.49. The molecule has 33 heavy (non-hydrogen) atoms. The molecule has 0 radical (unpaired) electrons. The van der Waals surface area contributed by atoms with E-state index in [9.17, 15) is 4.57 Å². The molecule has 1 fully saturated rings. The summed E-state index contributed by atoms with van der Waals surface area (Å²) in [6.45, 7) is 4.57. The molecule has 1 aromatic rings. The molecule has 0 spiro atoms. The van der Waals surface area contributed by atoms with Gasteiger partial charge in [0.05, 0.1) is 0 Å². The second-order valence-corrected chi connectivity index (χ2v) is 10.5. The molecule has 3 rings (SSSR count). The molecule has 2 heterocycles. The molecule has 2 aliphatic rings. The average Bonchev–Trinajstić information content (AvgIpc) is 3.35. The fourth-order valence-electron chi connectivity index (χ4n) is 4.05. The number of unbranched alkanes of at least 4 members (excludes halogenated alkanes) is 10. The molecule has 7 heteroatoms. The van der Waals surface area contributed by atoms with Crippen molar-refractivity contribution in [1.82, 2.24) is 0 Å². The minimum absolute atomic E-state index is 0.114. The SMILES string of the molecule is CCCCCCCCCc1ccc(OC(CCCCCCC)OC2=C3COP(=O)(O3)O2)cc1. The Morgan fingerprint density at radius 2 is 1.45 bits per heavy atom. The van der Waals surface area contributed by atoms with Crippen LogP contribution in [0, 0.1) is 0 Å². The molecule has 6 nitrogen and oxygen atoms in total. The first-order valence-electron chi connectivity index (χ1n) is 12.9. The maximum absolute atomic E-state index is 12.1. The second kappa shape index (κ2) is 13.9. The number of phosphoric ester groups is 1. The lowest BCUT2D eigenvalue weighted by Gasteiger charge is -2.21. The van der Waals surface area contributed by atoms with Crippen LogP contribution in [0.1, 0.15) is 103 Å². The van der Waals surface area contributed by atoms with E-state index in [1.165, 1.54) is 69.8 Å². The van der Waals surface area contributed by atoms with Gasteiger partial charge in [-0.25, -0.2) is 4.57 Å². The fourth-order valence-corrected chi connectivity index (χ4v) is 5.22. The largest absolute Gasteiger partial charge is 0.590 e. The highest BCUT2D eigenvalue weighted by Crippen LogP contribution is 2.63. The minimum atomic E-state index is -3.50. The Balaban J connectivity index is 1.46. The third-order valence-corrected chi connectivity index (χ3v) is 7.32. The van der Waals surface area contributed by atoms with Gasteiger partial charge in [-0.05, 0) is 37.0 Å². The van der Waals surface area contributed by atoms with Crippen LogP contribution in [0.3, 0.4) is 0 Å². The number of rotatable bonds is 18. The highest BCUT2D eigenvalue weighted by atomic mass is 31.2. The van der Waals surface area contributed by atoms with Gasteiger partial charge in [-0.15, -0.1) is 0 Å². The summed E-state index contributed by atoms with van der Waals surface area (Å²) in [4.78, 5) is 0. The van der Waals surface area contributed by atoms with Gasteiger partial charge in [0.2, 0.25) is 12.0 Å². The van der Waals surface area contributed by atoms with Crippen molar-refractivity contribution in [3.63, 3.8) is 0 Å². The number of benzene rings is 1. The van der Waals surface area contributed by atoms with Crippen LogP contribution in [-0.2, 0) is 29.3 Å². The van der Waals surface area contributed by atoms with Gasteiger partial charge in [0.15, 0.2) is 0 Å². The summed E-state index contributed by atoms with van der Waals surface area (Å²) in [5.74, 6) is 1.25. The van der Waals surface area contributed by atoms with Crippen molar-refractivity contribution in [2.45, 2.75) is 110 Å². The van der Waals surface area contributed by atoms with E-state index in [1.54, 1.807) is 0 Å². The lowest BCUT2D eigenvalue weighted by Crippen LogP contribution is -2.21. The topological polar surface area (TPSA) is 63.2 Å². The molecule has 2 unspecified atom stereocenters. The summed E-state index contributed by atoms with van der Waals surface area (Å²) in [6, 6.07) is 8.28. The van der Waals surface area contributed by atoms with E-state index in [2.05, 4.69) is 26.0 Å². The Hall–Kier alpha value is -1.65. The van der Waals surface area contributed by atoms with Crippen LogP contribution in [-0.4, -0.2) is 12.9 Å². The smallest absolute Gasteiger partial charge is 0.455 e. The molecule has 0 aliphatic carbocycles. The van der Waals surface area contributed by atoms with E-state index in [1.807, 2.05) is 12.1 Å². The maximum atomic E-state index is 12.1. The van der Waals surface area contributed by atoms with Crippen LogP contribution in [0.2, 0.25) is 0 Å². The molecule has 1 aromatic carbocycles. The molecule has 0 aromatic heterocycles. The zero-order valence-electron chi connectivity index (χ0n) is 20.4. The molecule has 2 aliphatic heterocycles. The van der Waals surface area contributed by atoms with Gasteiger partial charge in [0.1, 0.15) is 12.4 Å². The number of phosphoric acid groups is 1. The summed E-state index contributed by atoms with van der Waals surface area (Å²) >= 11 is 0. The molecule has 2 bridgehead atoms. The Kier molecular flexibility index (Phi) is 10.9. The zero-order valence-corrected chi connectivity index (χ0v) is 21.3. The van der Waals surface area contributed by atoms with Crippen LogP contribution in [0.5, 0.6) is 5.75 Å². The summed E-state index contributed by atoms with van der Waals surface area (Å²) < 4.78 is 39.6. The summed E-state index contributed by atoms with van der Waals surface area (Å²) in [7, 11) is -3.50. The highest BCUT2D eigenvalue weighted by Gasteiger charge is 2.49. The van der Waals surface area contributed by atoms with Crippen molar-refractivity contribution in [3.05, 3.63) is 41.5 Å². The number of hydrogen-bond donors (Lipinski definition) is 0. The zero-order chi connectivity index (χ0) is 23.4. The number of fused-ring (bicyclic) bond motifs is 2. The summed E-state index contributed by atoms with van der Waals surface area (Å²) in [5, 5.41) is 0. The van der Waals surface area contributed by atoms with E-state index < -0.39 is 14.1 Å². The Morgan fingerprint density at radius 3 is 2.06 bits per heavy atom. The molecule has 2 atom stereocenters. The molecular formula is C26H41O6P. The molecule has 0 amide bonds. The Morgan fingerprint density at radius 1 is 0.818 bits per heavy atom. The van der Waals surface area contributed by atoms with E-state index in [0.29, 0.717) is 5.76 Å². The Labute approximate surface area is 199 Å². The molecular weight excluding hydrogens is 439 g/mol. The van der Waals surface area contributed by atoms with Gasteiger partial charge < -0.3 is 18.5 Å². The van der Waals surface area contributed by atoms with Crippen molar-refractivity contribution >= 4 is 7.82 Å². The maximum Gasteiger partial charge on any atom is 0.590 e.